The quantitative estimate of drug-likeness (QED) is 0.319. The number of nitro groups is 1. The Bertz CT molecular complexity index is 1150. The van der Waals surface area contributed by atoms with Crippen molar-refractivity contribution in [1.82, 2.24) is 0 Å². The van der Waals surface area contributed by atoms with Gasteiger partial charge in [0.25, 0.3) is 5.69 Å². The Morgan fingerprint density at radius 3 is 2.22 bits per heavy atom. The molecule has 4 atom stereocenters. The standard InChI is InChI=1S/C23H21N3O6/c1-31-18-8-5-14(10-19(18)32-2)24-16-7-6-15(11-17(16)26(29)30)25-22(27)20-12-3-4-13(9-12)21(20)23(25)28/h3-8,10-13,20-21,24H,9H2,1-2H3/t12-,13-,20+,21+/m0/s1. The highest BCUT2D eigenvalue weighted by Crippen LogP contribution is 2.53. The van der Waals surface area contributed by atoms with E-state index >= 15 is 0 Å². The molecule has 2 aromatic carbocycles. The predicted molar refractivity (Wildman–Crippen MR) is 116 cm³/mol. The molecular formula is C23H21N3O6. The molecule has 1 saturated heterocycles. The number of benzene rings is 2. The molecule has 9 nitrogen and oxygen atoms in total. The lowest BCUT2D eigenvalue weighted by Gasteiger charge is -2.18. The van der Waals surface area contributed by atoms with Gasteiger partial charge in [-0.1, -0.05) is 12.2 Å². The van der Waals surface area contributed by atoms with Gasteiger partial charge in [-0.2, -0.15) is 0 Å². The predicted octanol–water partition coefficient (Wildman–Crippen LogP) is 3.67. The normalized spacial score (nSPS) is 25.2. The first-order valence-electron chi connectivity index (χ1n) is 10.3. The van der Waals surface area contributed by atoms with Crippen LogP contribution in [0.5, 0.6) is 11.5 Å². The van der Waals surface area contributed by atoms with Crippen LogP contribution in [0.15, 0.2) is 48.6 Å². The summed E-state index contributed by atoms with van der Waals surface area (Å²) in [5.41, 5.74) is 0.769. The first-order valence-corrected chi connectivity index (χ1v) is 10.3. The minimum atomic E-state index is -0.538. The van der Waals surface area contributed by atoms with E-state index in [2.05, 4.69) is 5.32 Å². The number of nitrogens with one attached hydrogen (secondary N) is 1. The van der Waals surface area contributed by atoms with Crippen molar-refractivity contribution in [2.24, 2.45) is 23.7 Å². The summed E-state index contributed by atoms with van der Waals surface area (Å²) in [5.74, 6) is -0.108. The number of imide groups is 1. The Morgan fingerprint density at radius 2 is 1.62 bits per heavy atom. The molecule has 2 aliphatic carbocycles. The third-order valence-corrected chi connectivity index (χ3v) is 6.57. The Hall–Kier alpha value is -3.88. The maximum absolute atomic E-state index is 13.0. The Labute approximate surface area is 183 Å². The minimum Gasteiger partial charge on any atom is -0.493 e. The van der Waals surface area contributed by atoms with E-state index in [0.29, 0.717) is 17.2 Å². The molecule has 5 rings (SSSR count). The van der Waals surface area contributed by atoms with Gasteiger partial charge in [-0.25, -0.2) is 4.90 Å². The van der Waals surface area contributed by atoms with E-state index in [1.807, 2.05) is 12.2 Å². The van der Waals surface area contributed by atoms with Crippen molar-refractivity contribution >= 4 is 34.6 Å². The molecule has 164 valence electrons. The Balaban J connectivity index is 1.46. The third-order valence-electron chi connectivity index (χ3n) is 6.57. The van der Waals surface area contributed by atoms with Crippen molar-refractivity contribution in [1.29, 1.82) is 0 Å². The second-order valence-corrected chi connectivity index (χ2v) is 8.17. The second-order valence-electron chi connectivity index (χ2n) is 8.17. The topological polar surface area (TPSA) is 111 Å². The van der Waals surface area contributed by atoms with E-state index in [4.69, 9.17) is 9.47 Å². The molecule has 1 saturated carbocycles. The van der Waals surface area contributed by atoms with E-state index in [1.165, 1.54) is 26.4 Å². The molecule has 0 radical (unpaired) electrons. The van der Waals surface area contributed by atoms with Crippen LogP contribution in [0, 0.1) is 33.8 Å². The zero-order valence-corrected chi connectivity index (χ0v) is 17.5. The number of methoxy groups -OCH3 is 2. The van der Waals surface area contributed by atoms with E-state index in [1.54, 1.807) is 24.3 Å². The molecule has 1 N–H and O–H groups in total. The summed E-state index contributed by atoms with van der Waals surface area (Å²) in [4.78, 5) is 38.5. The van der Waals surface area contributed by atoms with Crippen LogP contribution < -0.4 is 19.7 Å². The van der Waals surface area contributed by atoms with Gasteiger partial charge in [0.05, 0.1) is 36.7 Å². The third kappa shape index (κ3) is 2.92. The van der Waals surface area contributed by atoms with Gasteiger partial charge >= 0.3 is 0 Å². The van der Waals surface area contributed by atoms with Crippen molar-refractivity contribution in [3.05, 3.63) is 58.7 Å². The van der Waals surface area contributed by atoms with Gasteiger partial charge in [-0.05, 0) is 42.5 Å². The van der Waals surface area contributed by atoms with Crippen LogP contribution in [0.1, 0.15) is 6.42 Å². The fourth-order valence-electron chi connectivity index (χ4n) is 5.14. The lowest BCUT2D eigenvalue weighted by Crippen LogP contribution is -2.32. The molecule has 0 aromatic heterocycles. The fourth-order valence-corrected chi connectivity index (χ4v) is 5.14. The molecular weight excluding hydrogens is 414 g/mol. The van der Waals surface area contributed by atoms with Crippen LogP contribution in [0.4, 0.5) is 22.7 Å². The van der Waals surface area contributed by atoms with Gasteiger partial charge in [0.2, 0.25) is 11.8 Å². The van der Waals surface area contributed by atoms with Crippen molar-refractivity contribution in [2.75, 3.05) is 24.4 Å². The van der Waals surface area contributed by atoms with Crippen molar-refractivity contribution in [3.8, 4) is 11.5 Å². The van der Waals surface area contributed by atoms with Crippen LogP contribution in [-0.2, 0) is 9.59 Å². The zero-order chi connectivity index (χ0) is 22.6. The number of hydrogen-bond donors (Lipinski definition) is 1. The molecule has 1 aliphatic heterocycles. The lowest BCUT2D eigenvalue weighted by molar-refractivity contribution is -0.383. The van der Waals surface area contributed by atoms with Crippen LogP contribution in [-0.4, -0.2) is 31.0 Å². The number of carbonyl (C=O) groups excluding carboxylic acids is 2. The smallest absolute Gasteiger partial charge is 0.294 e. The number of allylic oxidation sites excluding steroid dienone is 2. The highest BCUT2D eigenvalue weighted by molar-refractivity contribution is 6.23. The van der Waals surface area contributed by atoms with Crippen LogP contribution in [0.3, 0.4) is 0 Å². The van der Waals surface area contributed by atoms with Crippen LogP contribution in [0.2, 0.25) is 0 Å². The summed E-state index contributed by atoms with van der Waals surface area (Å²) in [6, 6.07) is 9.39. The number of amides is 2. The lowest BCUT2D eigenvalue weighted by atomic mass is 9.85. The van der Waals surface area contributed by atoms with Crippen molar-refractivity contribution in [2.45, 2.75) is 6.42 Å². The molecule has 2 amide bonds. The van der Waals surface area contributed by atoms with Gasteiger partial charge in [-0.3, -0.25) is 19.7 Å². The summed E-state index contributed by atoms with van der Waals surface area (Å²) in [6.07, 6.45) is 4.85. The number of nitro benzene ring substituents is 1. The molecule has 3 aliphatic rings. The largest absolute Gasteiger partial charge is 0.493 e. The van der Waals surface area contributed by atoms with E-state index in [-0.39, 0.29) is 52.5 Å². The molecule has 0 spiro atoms. The molecule has 9 heteroatoms. The first kappa shape index (κ1) is 20.0. The van der Waals surface area contributed by atoms with E-state index < -0.39 is 4.92 Å². The monoisotopic (exact) mass is 435 g/mol. The molecule has 2 fully saturated rings. The maximum Gasteiger partial charge on any atom is 0.294 e. The number of rotatable bonds is 6. The summed E-state index contributed by atoms with van der Waals surface area (Å²) in [5, 5.41) is 14.8. The SMILES string of the molecule is COc1ccc(Nc2ccc(N3C(=O)[C@H]4[C@H](C3=O)[C@H]3C=C[C@H]4C3)cc2[N+](=O)[O-])cc1OC. The van der Waals surface area contributed by atoms with Crippen LogP contribution >= 0.6 is 0 Å². The summed E-state index contributed by atoms with van der Waals surface area (Å²) in [6.45, 7) is 0. The highest BCUT2D eigenvalue weighted by atomic mass is 16.6. The number of carbonyl (C=O) groups is 2. The van der Waals surface area contributed by atoms with Crippen LogP contribution in [0.25, 0.3) is 0 Å². The number of fused-ring (bicyclic) bond motifs is 5. The Morgan fingerprint density at radius 1 is 0.969 bits per heavy atom. The van der Waals surface area contributed by atoms with Gasteiger partial charge in [-0.15, -0.1) is 0 Å². The fraction of sp³-hybridized carbons (Fsp3) is 0.304. The number of hydrogen-bond acceptors (Lipinski definition) is 7. The summed E-state index contributed by atoms with van der Waals surface area (Å²) in [7, 11) is 3.02. The Kier molecular flexibility index (Phi) is 4.61. The number of nitrogens with zero attached hydrogens (tertiary/aromatic N) is 2. The number of ether oxygens (including phenoxy) is 2. The molecule has 2 aromatic rings. The molecule has 32 heavy (non-hydrogen) atoms. The van der Waals surface area contributed by atoms with Gasteiger partial charge < -0.3 is 14.8 Å². The first-order chi connectivity index (χ1) is 15.4. The minimum absolute atomic E-state index is 0.0763. The highest BCUT2D eigenvalue weighted by Gasteiger charge is 2.59. The molecule has 1 heterocycles. The zero-order valence-electron chi connectivity index (χ0n) is 17.5. The van der Waals surface area contributed by atoms with E-state index in [0.717, 1.165) is 11.3 Å². The van der Waals surface area contributed by atoms with Gasteiger partial charge in [0.15, 0.2) is 11.5 Å². The van der Waals surface area contributed by atoms with Gasteiger partial charge in [0, 0.05) is 17.8 Å². The number of anilines is 3. The maximum atomic E-state index is 13.0. The summed E-state index contributed by atoms with van der Waals surface area (Å²) >= 11 is 0. The average molecular weight is 435 g/mol. The average Bonchev–Trinajstić information content (AvgIpc) is 3.47. The van der Waals surface area contributed by atoms with E-state index in [9.17, 15) is 19.7 Å². The van der Waals surface area contributed by atoms with Gasteiger partial charge in [0.1, 0.15) is 5.69 Å². The second kappa shape index (κ2) is 7.37. The molecule has 0 unspecified atom stereocenters. The van der Waals surface area contributed by atoms with Crippen molar-refractivity contribution in [3.63, 3.8) is 0 Å². The summed E-state index contributed by atoms with van der Waals surface area (Å²) < 4.78 is 10.5. The molecule has 2 bridgehead atoms. The van der Waals surface area contributed by atoms with Crippen molar-refractivity contribution < 1.29 is 24.0 Å².